The monoisotopic (exact) mass is 372 g/mol. The average Bonchev–Trinajstić information content (AvgIpc) is 3.04. The van der Waals surface area contributed by atoms with E-state index in [0.717, 1.165) is 16.9 Å². The zero-order valence-electron chi connectivity index (χ0n) is 13.7. The van der Waals surface area contributed by atoms with Gasteiger partial charge in [-0.1, -0.05) is 17.3 Å². The molecule has 1 aromatic carbocycles. The van der Waals surface area contributed by atoms with Gasteiger partial charge in [-0.25, -0.2) is 9.48 Å². The number of halogens is 3. The maximum atomic E-state index is 13.1. The summed E-state index contributed by atoms with van der Waals surface area (Å²) in [6, 6.07) is 4.65. The van der Waals surface area contributed by atoms with Crippen LogP contribution in [0.1, 0.15) is 23.0 Å². The average molecular weight is 372 g/mol. The predicted octanol–water partition coefficient (Wildman–Crippen LogP) is 1.51. The van der Waals surface area contributed by atoms with E-state index in [4.69, 9.17) is 4.74 Å². The third-order valence-electron chi connectivity index (χ3n) is 3.48. The molecule has 0 spiro atoms. The zero-order chi connectivity index (χ0) is 19.5. The Morgan fingerprint density at radius 3 is 2.54 bits per heavy atom. The summed E-state index contributed by atoms with van der Waals surface area (Å²) in [5.74, 6) is -2.26. The summed E-state index contributed by atoms with van der Waals surface area (Å²) in [6.07, 6.45) is -3.64. The fraction of sp³-hybridized carbons (Fsp3) is 0.333. The summed E-state index contributed by atoms with van der Waals surface area (Å²) in [5.41, 5.74) is -3.35. The minimum Gasteiger partial charge on any atom is -0.479 e. The third-order valence-corrected chi connectivity index (χ3v) is 3.48. The van der Waals surface area contributed by atoms with Gasteiger partial charge in [0, 0.05) is 7.11 Å². The Hall–Kier alpha value is -2.95. The van der Waals surface area contributed by atoms with Crippen LogP contribution >= 0.6 is 0 Å². The molecule has 0 aliphatic rings. The van der Waals surface area contributed by atoms with Crippen LogP contribution in [0.15, 0.2) is 30.5 Å². The number of hydrogen-bond donors (Lipinski definition) is 2. The third kappa shape index (κ3) is 3.99. The first-order chi connectivity index (χ1) is 12.1. The van der Waals surface area contributed by atoms with Crippen molar-refractivity contribution in [2.45, 2.75) is 18.6 Å². The molecule has 8 nitrogen and oxygen atoms in total. The van der Waals surface area contributed by atoms with Crippen molar-refractivity contribution in [2.75, 3.05) is 13.7 Å². The minimum atomic E-state index is -4.62. The highest BCUT2D eigenvalue weighted by Gasteiger charge is 2.37. The molecule has 140 valence electrons. The van der Waals surface area contributed by atoms with Gasteiger partial charge in [-0.2, -0.15) is 13.2 Å². The second-order valence-corrected chi connectivity index (χ2v) is 5.59. The van der Waals surface area contributed by atoms with Crippen LogP contribution in [0.3, 0.4) is 0 Å². The van der Waals surface area contributed by atoms with Crippen molar-refractivity contribution in [3.8, 4) is 5.69 Å². The first kappa shape index (κ1) is 19.4. The van der Waals surface area contributed by atoms with Gasteiger partial charge in [-0.15, -0.1) is 5.10 Å². The van der Waals surface area contributed by atoms with E-state index in [1.807, 2.05) is 0 Å². The summed E-state index contributed by atoms with van der Waals surface area (Å²) in [6.45, 7) is 0.902. The molecule has 0 fully saturated rings. The number of amides is 1. The fourth-order valence-corrected chi connectivity index (χ4v) is 2.15. The van der Waals surface area contributed by atoms with Gasteiger partial charge in [0.05, 0.1) is 24.1 Å². The number of benzene rings is 1. The van der Waals surface area contributed by atoms with E-state index >= 15 is 0 Å². The van der Waals surface area contributed by atoms with Gasteiger partial charge in [0.2, 0.25) is 0 Å². The minimum absolute atomic E-state index is 0.315. The second kappa shape index (κ2) is 7.12. The molecule has 2 N–H and O–H groups in total. The lowest BCUT2D eigenvalue weighted by atomic mass is 10.0. The fourth-order valence-electron chi connectivity index (χ4n) is 2.15. The van der Waals surface area contributed by atoms with E-state index in [9.17, 15) is 27.9 Å². The highest BCUT2D eigenvalue weighted by atomic mass is 19.4. The Balaban J connectivity index is 2.31. The number of carboxylic acids is 1. The number of carboxylic acid groups (broad SMARTS) is 1. The number of aromatic nitrogens is 3. The van der Waals surface area contributed by atoms with Gasteiger partial charge in [0.1, 0.15) is 0 Å². The quantitative estimate of drug-likeness (QED) is 0.796. The number of carbonyl (C=O) groups is 2. The van der Waals surface area contributed by atoms with Crippen molar-refractivity contribution in [1.82, 2.24) is 20.3 Å². The predicted molar refractivity (Wildman–Crippen MR) is 81.7 cm³/mol. The number of alkyl halides is 3. The molecule has 1 unspecified atom stereocenters. The summed E-state index contributed by atoms with van der Waals surface area (Å²) >= 11 is 0. The van der Waals surface area contributed by atoms with E-state index in [2.05, 4.69) is 15.6 Å². The lowest BCUT2D eigenvalue weighted by Gasteiger charge is -2.24. The number of aliphatic carboxylic acids is 1. The molecule has 0 aliphatic heterocycles. The lowest BCUT2D eigenvalue weighted by molar-refractivity contribution is -0.146. The molecule has 0 saturated heterocycles. The summed E-state index contributed by atoms with van der Waals surface area (Å²) in [7, 11) is 1.26. The number of methoxy groups -OCH3 is 1. The van der Waals surface area contributed by atoms with Gasteiger partial charge in [0.15, 0.2) is 11.2 Å². The van der Waals surface area contributed by atoms with Crippen molar-refractivity contribution in [3.63, 3.8) is 0 Å². The number of ether oxygens (including phenoxy) is 1. The normalized spacial score (nSPS) is 13.9. The van der Waals surface area contributed by atoms with Gasteiger partial charge in [-0.05, 0) is 19.1 Å². The van der Waals surface area contributed by atoms with E-state index in [-0.39, 0.29) is 18.0 Å². The van der Waals surface area contributed by atoms with E-state index in [1.165, 1.54) is 32.2 Å². The molecular formula is C15H15F3N4O4. The number of carbonyl (C=O) groups excluding carboxylic acids is 1. The molecule has 2 rings (SSSR count). The molecule has 26 heavy (non-hydrogen) atoms. The van der Waals surface area contributed by atoms with Crippen molar-refractivity contribution in [1.29, 1.82) is 0 Å². The SMILES string of the molecule is COCC(C)(NC(=O)c1cn(-c2ccccc2C(F)(F)F)nn1)C(=O)O. The second-order valence-electron chi connectivity index (χ2n) is 5.59. The molecular weight excluding hydrogens is 357 g/mol. The van der Waals surface area contributed by atoms with E-state index < -0.39 is 29.2 Å². The van der Waals surface area contributed by atoms with Crippen LogP contribution in [0.2, 0.25) is 0 Å². The molecule has 1 amide bonds. The van der Waals surface area contributed by atoms with Gasteiger partial charge in [-0.3, -0.25) is 4.79 Å². The first-order valence-electron chi connectivity index (χ1n) is 7.22. The molecule has 0 bridgehead atoms. The summed E-state index contributed by atoms with van der Waals surface area (Å²) < 4.78 is 44.8. The Kier molecular flexibility index (Phi) is 5.30. The molecule has 0 radical (unpaired) electrons. The highest BCUT2D eigenvalue weighted by molar-refractivity contribution is 5.96. The summed E-state index contributed by atoms with van der Waals surface area (Å²) in [4.78, 5) is 23.5. The van der Waals surface area contributed by atoms with Crippen LogP contribution < -0.4 is 5.32 Å². The molecule has 1 atom stereocenters. The molecule has 2 aromatic rings. The summed E-state index contributed by atoms with van der Waals surface area (Å²) in [5, 5.41) is 18.5. The Morgan fingerprint density at radius 1 is 1.31 bits per heavy atom. The standard InChI is InChI=1S/C15H15F3N4O4/c1-14(8-26-2,13(24)25)19-12(23)10-7-22(21-20-10)11-6-4-3-5-9(11)15(16,17)18/h3-7H,8H2,1-2H3,(H,19,23)(H,24,25). The Bertz CT molecular complexity index is 821. The van der Waals surface area contributed by atoms with Crippen LogP contribution in [0.25, 0.3) is 5.69 Å². The largest absolute Gasteiger partial charge is 0.479 e. The van der Waals surface area contributed by atoms with Gasteiger partial charge < -0.3 is 15.2 Å². The van der Waals surface area contributed by atoms with Crippen molar-refractivity contribution in [3.05, 3.63) is 41.7 Å². The van der Waals surface area contributed by atoms with Gasteiger partial charge >= 0.3 is 12.1 Å². The maximum Gasteiger partial charge on any atom is 0.418 e. The number of para-hydroxylation sites is 1. The van der Waals surface area contributed by atoms with Crippen molar-refractivity contribution < 1.29 is 32.6 Å². The van der Waals surface area contributed by atoms with Crippen LogP contribution in [0.5, 0.6) is 0 Å². The number of rotatable bonds is 6. The molecule has 1 aromatic heterocycles. The maximum absolute atomic E-state index is 13.1. The molecule has 0 aliphatic carbocycles. The smallest absolute Gasteiger partial charge is 0.418 e. The zero-order valence-corrected chi connectivity index (χ0v) is 13.7. The van der Waals surface area contributed by atoms with Crippen LogP contribution in [-0.4, -0.2) is 51.2 Å². The topological polar surface area (TPSA) is 106 Å². The number of nitrogens with zero attached hydrogens (tertiary/aromatic N) is 3. The van der Waals surface area contributed by atoms with Crippen molar-refractivity contribution >= 4 is 11.9 Å². The Labute approximate surface area is 145 Å². The first-order valence-corrected chi connectivity index (χ1v) is 7.22. The highest BCUT2D eigenvalue weighted by Crippen LogP contribution is 2.33. The van der Waals surface area contributed by atoms with Crippen LogP contribution in [0.4, 0.5) is 13.2 Å². The van der Waals surface area contributed by atoms with E-state index in [0.29, 0.717) is 0 Å². The lowest BCUT2D eigenvalue weighted by Crippen LogP contribution is -2.55. The van der Waals surface area contributed by atoms with E-state index in [1.54, 1.807) is 0 Å². The van der Waals surface area contributed by atoms with Crippen LogP contribution in [-0.2, 0) is 15.7 Å². The Morgan fingerprint density at radius 2 is 1.96 bits per heavy atom. The number of hydrogen-bond acceptors (Lipinski definition) is 5. The van der Waals surface area contributed by atoms with Gasteiger partial charge in [0.25, 0.3) is 5.91 Å². The molecule has 11 heteroatoms. The molecule has 1 heterocycles. The number of nitrogens with one attached hydrogen (secondary N) is 1. The van der Waals surface area contributed by atoms with Crippen molar-refractivity contribution in [2.24, 2.45) is 0 Å². The van der Waals surface area contributed by atoms with Crippen LogP contribution in [0, 0.1) is 0 Å². The molecule has 0 saturated carbocycles.